The molecule has 1 atom stereocenters. The van der Waals surface area contributed by atoms with Crippen molar-refractivity contribution in [3.8, 4) is 0 Å². The normalized spacial score (nSPS) is 12.0. The predicted molar refractivity (Wildman–Crippen MR) is 113 cm³/mol. The minimum atomic E-state index is -2.12. The van der Waals surface area contributed by atoms with E-state index in [1.165, 1.54) is 0 Å². The zero-order valence-corrected chi connectivity index (χ0v) is 17.5. The molecule has 0 heterocycles. The molecule has 1 unspecified atom stereocenters. The molecule has 7 heteroatoms. The van der Waals surface area contributed by atoms with E-state index in [1.807, 2.05) is 60.7 Å². The highest BCUT2D eigenvalue weighted by molar-refractivity contribution is 8.18. The maximum absolute atomic E-state index is 11.3. The summed E-state index contributed by atoms with van der Waals surface area (Å²) in [6.45, 7) is 0. The van der Waals surface area contributed by atoms with Crippen molar-refractivity contribution < 1.29 is 19.4 Å². The zero-order chi connectivity index (χ0) is 19.5. The Morgan fingerprint density at radius 1 is 0.889 bits per heavy atom. The van der Waals surface area contributed by atoms with Gasteiger partial charge in [-0.1, -0.05) is 36.4 Å². The van der Waals surface area contributed by atoms with Crippen LogP contribution >= 0.6 is 31.6 Å². The maximum atomic E-state index is 11.3. The van der Waals surface area contributed by atoms with Crippen molar-refractivity contribution in [2.24, 2.45) is 0 Å². The number of unbranched alkanes of at least 4 members (excludes halogenated alkanes) is 1. The number of rotatable bonds is 12. The first-order valence-electron chi connectivity index (χ1n) is 8.83. The Morgan fingerprint density at radius 3 is 1.85 bits per heavy atom. The van der Waals surface area contributed by atoms with Crippen LogP contribution in [0.15, 0.2) is 70.5 Å². The van der Waals surface area contributed by atoms with Crippen LogP contribution in [-0.4, -0.2) is 26.2 Å². The molecule has 0 aliphatic rings. The summed E-state index contributed by atoms with van der Waals surface area (Å²) in [5.41, 5.74) is 0. The smallest absolute Gasteiger partial charge is 0.481 e. The molecular weight excluding hydrogens is 399 g/mol. The first-order valence-corrected chi connectivity index (χ1v) is 11.9. The van der Waals surface area contributed by atoms with Crippen LogP contribution in [0.5, 0.6) is 0 Å². The molecule has 2 aromatic rings. The van der Waals surface area contributed by atoms with Crippen LogP contribution in [0.25, 0.3) is 0 Å². The quantitative estimate of drug-likeness (QED) is 0.188. The summed E-state index contributed by atoms with van der Waals surface area (Å²) >= 11 is 3.39. The SMILES string of the molecule is O=C(O)CCC(CCCC[P+](=O)O)(Sc1ccccc1)Sc1ccccc1. The van der Waals surface area contributed by atoms with Gasteiger partial charge in [-0.3, -0.25) is 4.79 Å². The minimum absolute atomic E-state index is 0.0912. The predicted octanol–water partition coefficient (Wildman–Crippen LogP) is 6.04. The summed E-state index contributed by atoms with van der Waals surface area (Å²) < 4.78 is 10.6. The van der Waals surface area contributed by atoms with Gasteiger partial charge in [0.25, 0.3) is 0 Å². The maximum Gasteiger partial charge on any atom is 0.505 e. The standard InChI is InChI=1S/C20H23O4PS2/c21-19(22)13-15-20(14-7-8-16-25(23)24,26-17-9-3-1-4-10-17)27-18-11-5-2-6-12-18/h1-6,9-12H,7-8,13-16H2,(H-,21,22,23,24)/p+1. The van der Waals surface area contributed by atoms with E-state index in [9.17, 15) is 14.5 Å². The van der Waals surface area contributed by atoms with E-state index in [-0.39, 0.29) is 16.7 Å². The van der Waals surface area contributed by atoms with Crippen LogP contribution in [0.1, 0.15) is 32.1 Å². The molecule has 0 aliphatic carbocycles. The van der Waals surface area contributed by atoms with Gasteiger partial charge in [0, 0.05) is 16.2 Å². The third-order valence-electron chi connectivity index (χ3n) is 3.97. The van der Waals surface area contributed by atoms with Crippen molar-refractivity contribution >= 4 is 37.5 Å². The Hall–Kier alpha value is -1.33. The van der Waals surface area contributed by atoms with Gasteiger partial charge in [-0.05, 0) is 54.5 Å². The van der Waals surface area contributed by atoms with Gasteiger partial charge in [0.1, 0.15) is 0 Å². The molecule has 2 N–H and O–H groups in total. The van der Waals surface area contributed by atoms with Crippen molar-refractivity contribution in [3.05, 3.63) is 60.7 Å². The van der Waals surface area contributed by atoms with E-state index in [0.717, 1.165) is 22.6 Å². The topological polar surface area (TPSA) is 74.6 Å². The van der Waals surface area contributed by atoms with Crippen molar-refractivity contribution in [1.82, 2.24) is 0 Å². The Bertz CT molecular complexity index is 684. The van der Waals surface area contributed by atoms with Crippen molar-refractivity contribution in [1.29, 1.82) is 0 Å². The largest absolute Gasteiger partial charge is 0.505 e. The molecule has 0 saturated carbocycles. The molecule has 0 fully saturated rings. The number of hydrogen-bond acceptors (Lipinski definition) is 4. The Kier molecular flexibility index (Phi) is 9.35. The van der Waals surface area contributed by atoms with Crippen LogP contribution in [0, 0.1) is 0 Å². The number of carbonyl (C=O) groups is 1. The summed E-state index contributed by atoms with van der Waals surface area (Å²) in [5, 5.41) is 9.26. The van der Waals surface area contributed by atoms with E-state index in [1.54, 1.807) is 23.5 Å². The molecule has 4 nitrogen and oxygen atoms in total. The van der Waals surface area contributed by atoms with Gasteiger partial charge in [-0.15, -0.1) is 23.5 Å². The van der Waals surface area contributed by atoms with Crippen LogP contribution in [0.3, 0.4) is 0 Å². The molecule has 0 bridgehead atoms. The Balaban J connectivity index is 2.23. The van der Waals surface area contributed by atoms with Crippen LogP contribution in [-0.2, 0) is 9.36 Å². The Labute approximate surface area is 169 Å². The fourth-order valence-electron chi connectivity index (χ4n) is 2.70. The highest BCUT2D eigenvalue weighted by Gasteiger charge is 2.33. The molecule has 2 aromatic carbocycles. The average molecular weight is 424 g/mol. The molecule has 27 heavy (non-hydrogen) atoms. The van der Waals surface area contributed by atoms with Gasteiger partial charge >= 0.3 is 14.0 Å². The first kappa shape index (κ1) is 22.0. The van der Waals surface area contributed by atoms with E-state index >= 15 is 0 Å². The summed E-state index contributed by atoms with van der Waals surface area (Å²) in [7, 11) is -2.12. The minimum Gasteiger partial charge on any atom is -0.481 e. The molecular formula is C20H24O4PS2+. The number of hydrogen-bond donors (Lipinski definition) is 2. The molecule has 0 aromatic heterocycles. The van der Waals surface area contributed by atoms with Crippen molar-refractivity contribution in [3.63, 3.8) is 0 Å². The summed E-state index contributed by atoms with van der Waals surface area (Å²) in [5.74, 6) is -0.805. The molecule has 0 spiro atoms. The van der Waals surface area contributed by atoms with Crippen LogP contribution in [0.4, 0.5) is 0 Å². The van der Waals surface area contributed by atoms with Gasteiger partial charge in [-0.2, -0.15) is 4.89 Å². The van der Waals surface area contributed by atoms with Gasteiger partial charge in [0.15, 0.2) is 6.16 Å². The van der Waals surface area contributed by atoms with Crippen LogP contribution < -0.4 is 0 Å². The number of thioether (sulfide) groups is 2. The second-order valence-electron chi connectivity index (χ2n) is 6.17. The second-order valence-corrected chi connectivity index (χ2v) is 10.5. The molecule has 0 radical (unpaired) electrons. The lowest BCUT2D eigenvalue weighted by Gasteiger charge is -2.32. The fourth-order valence-corrected chi connectivity index (χ4v) is 6.28. The van der Waals surface area contributed by atoms with E-state index in [2.05, 4.69) is 0 Å². The molecule has 2 rings (SSSR count). The molecule has 0 saturated heterocycles. The molecule has 0 amide bonds. The zero-order valence-electron chi connectivity index (χ0n) is 15.0. The highest BCUT2D eigenvalue weighted by Crippen LogP contribution is 2.51. The van der Waals surface area contributed by atoms with Gasteiger partial charge in [-0.25, -0.2) is 0 Å². The van der Waals surface area contributed by atoms with Gasteiger partial charge in [0.05, 0.1) is 4.08 Å². The number of benzene rings is 2. The van der Waals surface area contributed by atoms with E-state index < -0.39 is 14.0 Å². The molecule has 144 valence electrons. The number of carboxylic acids is 1. The lowest BCUT2D eigenvalue weighted by molar-refractivity contribution is -0.137. The van der Waals surface area contributed by atoms with E-state index in [4.69, 9.17) is 4.89 Å². The third-order valence-corrected chi connectivity index (χ3v) is 7.75. The average Bonchev–Trinajstić information content (AvgIpc) is 2.65. The lowest BCUT2D eigenvalue weighted by Crippen LogP contribution is -2.22. The fraction of sp³-hybridized carbons (Fsp3) is 0.350. The lowest BCUT2D eigenvalue weighted by atomic mass is 10.1. The monoisotopic (exact) mass is 423 g/mol. The summed E-state index contributed by atoms with van der Waals surface area (Å²) in [6.07, 6.45) is 3.10. The van der Waals surface area contributed by atoms with Gasteiger partial charge < -0.3 is 5.11 Å². The van der Waals surface area contributed by atoms with Crippen LogP contribution in [0.2, 0.25) is 0 Å². The van der Waals surface area contributed by atoms with Gasteiger partial charge in [0.2, 0.25) is 0 Å². The molecule has 0 aliphatic heterocycles. The Morgan fingerprint density at radius 2 is 1.41 bits per heavy atom. The third kappa shape index (κ3) is 8.48. The number of carboxylic acid groups (broad SMARTS) is 1. The van der Waals surface area contributed by atoms with E-state index in [0.29, 0.717) is 12.8 Å². The first-order chi connectivity index (χ1) is 13.0. The summed E-state index contributed by atoms with van der Waals surface area (Å²) in [4.78, 5) is 22.5. The second kappa shape index (κ2) is 11.5. The van der Waals surface area contributed by atoms with Crippen molar-refractivity contribution in [2.45, 2.75) is 46.0 Å². The highest BCUT2D eigenvalue weighted by atomic mass is 32.2. The summed E-state index contributed by atoms with van der Waals surface area (Å²) in [6, 6.07) is 20.0. The number of aliphatic carboxylic acids is 1. The van der Waals surface area contributed by atoms with Crippen molar-refractivity contribution in [2.75, 3.05) is 6.16 Å².